The van der Waals surface area contributed by atoms with Crippen molar-refractivity contribution in [2.75, 3.05) is 0 Å². The van der Waals surface area contributed by atoms with Crippen LogP contribution in [-0.4, -0.2) is 19.3 Å². The number of nitrogens with zero attached hydrogens (tertiary/aromatic N) is 4. The molecule has 2 aromatic carbocycles. The van der Waals surface area contributed by atoms with Gasteiger partial charge in [0.2, 0.25) is 5.75 Å². The summed E-state index contributed by atoms with van der Waals surface area (Å²) in [4.78, 5) is 24.6. The van der Waals surface area contributed by atoms with Gasteiger partial charge in [-0.2, -0.15) is 23.5 Å². The van der Waals surface area contributed by atoms with Crippen LogP contribution in [-0.2, 0) is 19.8 Å². The molecule has 2 heterocycles. The minimum atomic E-state index is -4.88. The highest BCUT2D eigenvalue weighted by Gasteiger charge is 2.36. The molecule has 0 aliphatic carbocycles. The molecule has 0 bridgehead atoms. The summed E-state index contributed by atoms with van der Waals surface area (Å²) in [5.74, 6) is -1.46. The molecule has 0 spiro atoms. The Kier molecular flexibility index (Phi) is 6.24. The Morgan fingerprint density at radius 2 is 1.86 bits per heavy atom. The highest BCUT2D eigenvalue weighted by molar-refractivity contribution is 5.67. The minimum Gasteiger partial charge on any atom is -0.451 e. The van der Waals surface area contributed by atoms with Gasteiger partial charge in [0.1, 0.15) is 17.1 Å². The number of nitrogens with one attached hydrogen (secondary N) is 1. The summed E-state index contributed by atoms with van der Waals surface area (Å²) in [6, 6.07) is 10.7. The van der Waals surface area contributed by atoms with Gasteiger partial charge in [0.05, 0.1) is 18.2 Å². The standard InChI is InChI=1S/C24H17F4N5O3/c1-13-7-15(16-8-14(11-29)9-17(25)10-16)3-4-19(13)36-21-18(24(26,27)28)5-6-33(22(21)34)12-20-30-31-23(35)32(20)2/h3-10H,12H2,1-2H3,(H,31,35). The topological polar surface area (TPSA) is 106 Å². The number of alkyl halides is 3. The van der Waals surface area contributed by atoms with Crippen LogP contribution in [0.25, 0.3) is 11.1 Å². The fourth-order valence-electron chi connectivity index (χ4n) is 3.55. The molecular weight excluding hydrogens is 482 g/mol. The quantitative estimate of drug-likeness (QED) is 0.416. The summed E-state index contributed by atoms with van der Waals surface area (Å²) in [5.41, 5.74) is -1.53. The molecule has 0 fully saturated rings. The minimum absolute atomic E-state index is 0.0248. The zero-order valence-electron chi connectivity index (χ0n) is 18.9. The fraction of sp³-hybridized carbons (Fsp3) is 0.167. The summed E-state index contributed by atoms with van der Waals surface area (Å²) < 4.78 is 62.5. The SMILES string of the molecule is Cc1cc(-c2cc(F)cc(C#N)c2)ccc1Oc1c(C(F)(F)F)ccn(Cc2n[nH]c(=O)n2C)c1=O. The maximum Gasteiger partial charge on any atom is 0.420 e. The Hall–Kier alpha value is -4.66. The summed E-state index contributed by atoms with van der Waals surface area (Å²) in [7, 11) is 1.40. The van der Waals surface area contributed by atoms with Crippen molar-refractivity contribution in [2.45, 2.75) is 19.6 Å². The molecule has 0 atom stereocenters. The van der Waals surface area contributed by atoms with E-state index in [9.17, 15) is 27.2 Å². The third-order valence-corrected chi connectivity index (χ3v) is 5.46. The lowest BCUT2D eigenvalue weighted by Crippen LogP contribution is -2.26. The van der Waals surface area contributed by atoms with Gasteiger partial charge in [0, 0.05) is 13.2 Å². The van der Waals surface area contributed by atoms with Crippen molar-refractivity contribution in [2.24, 2.45) is 7.05 Å². The number of aromatic amines is 1. The molecule has 4 aromatic rings. The van der Waals surface area contributed by atoms with E-state index < -0.39 is 34.6 Å². The van der Waals surface area contributed by atoms with E-state index >= 15 is 0 Å². The number of rotatable bonds is 5. The first kappa shape index (κ1) is 24.5. The van der Waals surface area contributed by atoms with Crippen molar-refractivity contribution < 1.29 is 22.3 Å². The number of H-pyrrole nitrogens is 1. The molecular formula is C24H17F4N5O3. The summed E-state index contributed by atoms with van der Waals surface area (Å²) in [6.45, 7) is 1.28. The number of hydrogen-bond donors (Lipinski definition) is 1. The fourth-order valence-corrected chi connectivity index (χ4v) is 3.55. The highest BCUT2D eigenvalue weighted by Crippen LogP contribution is 2.37. The first-order valence-electron chi connectivity index (χ1n) is 10.4. The van der Waals surface area contributed by atoms with Crippen molar-refractivity contribution in [1.82, 2.24) is 19.3 Å². The lowest BCUT2D eigenvalue weighted by atomic mass is 10.0. The molecule has 4 rings (SSSR count). The van der Waals surface area contributed by atoms with Gasteiger partial charge in [0.25, 0.3) is 5.56 Å². The van der Waals surface area contributed by atoms with Crippen LogP contribution in [0.2, 0.25) is 0 Å². The van der Waals surface area contributed by atoms with Crippen LogP contribution >= 0.6 is 0 Å². The predicted octanol–water partition coefficient (Wildman–Crippen LogP) is 4.12. The zero-order valence-corrected chi connectivity index (χ0v) is 18.9. The molecule has 0 amide bonds. The van der Waals surface area contributed by atoms with Crippen LogP contribution in [0, 0.1) is 24.1 Å². The Labute approximate surface area is 200 Å². The van der Waals surface area contributed by atoms with E-state index in [0.29, 0.717) is 22.8 Å². The summed E-state index contributed by atoms with van der Waals surface area (Å²) >= 11 is 0. The number of nitriles is 1. The Morgan fingerprint density at radius 3 is 2.47 bits per heavy atom. The maximum absolute atomic E-state index is 13.8. The molecule has 0 aliphatic rings. The lowest BCUT2D eigenvalue weighted by Gasteiger charge is -2.17. The van der Waals surface area contributed by atoms with Gasteiger partial charge in [-0.25, -0.2) is 14.3 Å². The molecule has 8 nitrogen and oxygen atoms in total. The number of aryl methyl sites for hydroxylation is 1. The van der Waals surface area contributed by atoms with Gasteiger partial charge in [-0.3, -0.25) is 9.36 Å². The van der Waals surface area contributed by atoms with Gasteiger partial charge >= 0.3 is 11.9 Å². The maximum atomic E-state index is 13.8. The number of pyridine rings is 1. The first-order valence-corrected chi connectivity index (χ1v) is 10.4. The van der Waals surface area contributed by atoms with Gasteiger partial charge in [-0.1, -0.05) is 6.07 Å². The third-order valence-electron chi connectivity index (χ3n) is 5.46. The highest BCUT2D eigenvalue weighted by atomic mass is 19.4. The largest absolute Gasteiger partial charge is 0.451 e. The molecule has 0 saturated heterocycles. The van der Waals surface area contributed by atoms with Crippen LogP contribution in [0.1, 0.15) is 22.5 Å². The first-order chi connectivity index (χ1) is 17.0. The van der Waals surface area contributed by atoms with E-state index in [2.05, 4.69) is 10.2 Å². The Morgan fingerprint density at radius 1 is 1.11 bits per heavy atom. The Bertz CT molecular complexity index is 1630. The van der Waals surface area contributed by atoms with Crippen LogP contribution in [0.4, 0.5) is 17.6 Å². The van der Waals surface area contributed by atoms with E-state index in [4.69, 9.17) is 10.00 Å². The summed E-state index contributed by atoms with van der Waals surface area (Å²) in [6.07, 6.45) is -3.93. The smallest absolute Gasteiger partial charge is 0.420 e. The van der Waals surface area contributed by atoms with E-state index in [-0.39, 0.29) is 23.7 Å². The van der Waals surface area contributed by atoms with Crippen molar-refractivity contribution >= 4 is 0 Å². The van der Waals surface area contributed by atoms with Gasteiger partial charge in [-0.15, -0.1) is 0 Å². The van der Waals surface area contributed by atoms with Crippen molar-refractivity contribution in [3.63, 3.8) is 0 Å². The molecule has 0 unspecified atom stereocenters. The van der Waals surface area contributed by atoms with Crippen molar-refractivity contribution in [1.29, 1.82) is 5.26 Å². The van der Waals surface area contributed by atoms with Crippen molar-refractivity contribution in [3.05, 3.63) is 97.8 Å². The third kappa shape index (κ3) is 4.76. The molecule has 2 aromatic heterocycles. The second-order valence-corrected chi connectivity index (χ2v) is 7.92. The van der Waals surface area contributed by atoms with Gasteiger partial charge in [0.15, 0.2) is 5.82 Å². The molecule has 184 valence electrons. The average molecular weight is 499 g/mol. The zero-order chi connectivity index (χ0) is 26.2. The van der Waals surface area contributed by atoms with Gasteiger partial charge < -0.3 is 9.30 Å². The summed E-state index contributed by atoms with van der Waals surface area (Å²) in [5, 5.41) is 15.0. The molecule has 0 radical (unpaired) electrons. The second kappa shape index (κ2) is 9.18. The predicted molar refractivity (Wildman–Crippen MR) is 120 cm³/mol. The number of aromatic nitrogens is 4. The monoisotopic (exact) mass is 499 g/mol. The molecule has 0 aliphatic heterocycles. The average Bonchev–Trinajstić information content (AvgIpc) is 3.13. The molecule has 36 heavy (non-hydrogen) atoms. The number of benzene rings is 2. The Balaban J connectivity index is 1.75. The lowest BCUT2D eigenvalue weighted by molar-refractivity contribution is -0.138. The molecule has 12 heteroatoms. The van der Waals surface area contributed by atoms with E-state index in [1.54, 1.807) is 13.0 Å². The van der Waals surface area contributed by atoms with Crippen molar-refractivity contribution in [3.8, 4) is 28.7 Å². The van der Waals surface area contributed by atoms with E-state index in [1.807, 2.05) is 6.07 Å². The van der Waals surface area contributed by atoms with Crippen LogP contribution in [0.15, 0.2) is 58.3 Å². The number of hydrogen-bond acceptors (Lipinski definition) is 5. The second-order valence-electron chi connectivity index (χ2n) is 7.92. The van der Waals surface area contributed by atoms with Crippen LogP contribution in [0.5, 0.6) is 11.5 Å². The van der Waals surface area contributed by atoms with E-state index in [0.717, 1.165) is 21.4 Å². The van der Waals surface area contributed by atoms with E-state index in [1.165, 1.54) is 31.3 Å². The normalized spacial score (nSPS) is 11.4. The number of ether oxygens (including phenoxy) is 1. The van der Waals surface area contributed by atoms with Gasteiger partial charge in [-0.05, 0) is 60.0 Å². The van der Waals surface area contributed by atoms with Crippen LogP contribution in [0.3, 0.4) is 0 Å². The number of halogens is 4. The molecule has 1 N–H and O–H groups in total. The van der Waals surface area contributed by atoms with Crippen LogP contribution < -0.4 is 16.0 Å². The molecule has 0 saturated carbocycles.